The molecule has 1 fully saturated rings. The third kappa shape index (κ3) is 5.24. The molecule has 6 rings (SSSR count). The van der Waals surface area contributed by atoms with E-state index >= 15 is 0 Å². The monoisotopic (exact) mass is 594 g/mol. The molecule has 2 aliphatic heterocycles. The van der Waals surface area contributed by atoms with Gasteiger partial charge in [0.05, 0.1) is 32.9 Å². The Labute approximate surface area is 244 Å². The van der Waals surface area contributed by atoms with Gasteiger partial charge in [-0.3, -0.25) is 19.3 Å². The molecule has 1 atom stereocenters. The Morgan fingerprint density at radius 3 is 2.62 bits per heavy atom. The van der Waals surface area contributed by atoms with Crippen molar-refractivity contribution in [2.75, 3.05) is 38.6 Å². The van der Waals surface area contributed by atoms with Crippen molar-refractivity contribution in [2.45, 2.75) is 25.0 Å². The van der Waals surface area contributed by atoms with Gasteiger partial charge in [-0.1, -0.05) is 11.6 Å². The summed E-state index contributed by atoms with van der Waals surface area (Å²) in [4.78, 5) is 53.3. The maximum absolute atomic E-state index is 13.3. The maximum atomic E-state index is 13.3. The number of anilines is 1. The van der Waals surface area contributed by atoms with E-state index in [9.17, 15) is 23.9 Å². The third-order valence-electron chi connectivity index (χ3n) is 7.62. The summed E-state index contributed by atoms with van der Waals surface area (Å²) < 4.78 is 18.7. The third-order valence-corrected chi connectivity index (χ3v) is 7.92. The molecule has 0 bridgehead atoms. The molecular formula is C29H28ClFN6O5. The molecule has 4 N–H and O–H groups in total. The van der Waals surface area contributed by atoms with Gasteiger partial charge in [0.15, 0.2) is 0 Å². The van der Waals surface area contributed by atoms with Crippen LogP contribution in [0, 0.1) is 5.82 Å². The first-order valence-electron chi connectivity index (χ1n) is 13.5. The fraction of sp³-hybridized carbons (Fsp3) is 0.310. The number of aromatic amines is 2. The summed E-state index contributed by atoms with van der Waals surface area (Å²) in [6.45, 7) is 1.51. The molecule has 11 nitrogen and oxygen atoms in total. The Morgan fingerprint density at radius 2 is 1.88 bits per heavy atom. The smallest absolute Gasteiger partial charge is 0.261 e. The van der Waals surface area contributed by atoms with E-state index in [0.29, 0.717) is 27.8 Å². The van der Waals surface area contributed by atoms with Gasteiger partial charge in [0.1, 0.15) is 35.7 Å². The van der Waals surface area contributed by atoms with Gasteiger partial charge in [0.25, 0.3) is 17.4 Å². The second-order valence-corrected chi connectivity index (χ2v) is 10.9. The van der Waals surface area contributed by atoms with Crippen molar-refractivity contribution in [3.8, 4) is 17.1 Å². The highest BCUT2D eigenvalue weighted by atomic mass is 35.5. The van der Waals surface area contributed by atoms with Gasteiger partial charge in [-0.15, -0.1) is 0 Å². The molecule has 1 unspecified atom stereocenters. The van der Waals surface area contributed by atoms with Crippen LogP contribution in [0.2, 0.25) is 5.02 Å². The summed E-state index contributed by atoms with van der Waals surface area (Å²) in [6, 6.07) is 8.38. The number of rotatable bonds is 8. The van der Waals surface area contributed by atoms with E-state index in [2.05, 4.69) is 25.2 Å². The molecule has 0 aliphatic carbocycles. The van der Waals surface area contributed by atoms with Crippen LogP contribution >= 0.6 is 11.6 Å². The van der Waals surface area contributed by atoms with Crippen LogP contribution in [0.15, 0.2) is 47.4 Å². The van der Waals surface area contributed by atoms with Crippen molar-refractivity contribution in [3.05, 3.63) is 74.9 Å². The number of carbonyl (C=O) groups is 2. The van der Waals surface area contributed by atoms with Crippen molar-refractivity contribution in [1.82, 2.24) is 24.8 Å². The average molecular weight is 595 g/mol. The van der Waals surface area contributed by atoms with E-state index in [1.54, 1.807) is 18.2 Å². The van der Waals surface area contributed by atoms with E-state index in [0.717, 1.165) is 32.0 Å². The average Bonchev–Trinajstić information content (AvgIpc) is 3.48. The Hall–Kier alpha value is -4.26. The Morgan fingerprint density at radius 1 is 1.14 bits per heavy atom. The molecule has 4 aromatic rings. The maximum Gasteiger partial charge on any atom is 0.261 e. The second-order valence-electron chi connectivity index (χ2n) is 10.5. The highest BCUT2D eigenvalue weighted by Gasteiger charge is 2.41. The minimum Gasteiger partial charge on any atom is -0.489 e. The number of hydrogen-bond donors (Lipinski definition) is 4. The van der Waals surface area contributed by atoms with Gasteiger partial charge in [0.2, 0.25) is 0 Å². The lowest BCUT2D eigenvalue weighted by Gasteiger charge is -2.33. The number of benzene rings is 2. The van der Waals surface area contributed by atoms with Crippen molar-refractivity contribution in [2.24, 2.45) is 0 Å². The largest absolute Gasteiger partial charge is 0.489 e. The zero-order chi connectivity index (χ0) is 29.5. The Bertz CT molecular complexity index is 1700. The van der Waals surface area contributed by atoms with E-state index in [1.807, 2.05) is 7.05 Å². The van der Waals surface area contributed by atoms with Crippen molar-refractivity contribution < 1.29 is 23.8 Å². The van der Waals surface area contributed by atoms with Crippen molar-refractivity contribution >= 4 is 40.1 Å². The Kier molecular flexibility index (Phi) is 7.43. The van der Waals surface area contributed by atoms with Gasteiger partial charge in [-0.05, 0) is 69.4 Å². The molecule has 2 aliphatic rings. The SMILES string of the molecule is CN1CCC(N2C(=O)c3cc4nc(-c5c(NCC(O)COc6ccc(F)cc6Cl)cc[nH]c5=O)[nH]c4cc3C2=O)CC1. The molecular weight excluding hydrogens is 567 g/mol. The number of nitrogens with one attached hydrogen (secondary N) is 3. The standard InChI is InChI=1S/C29H28ClFN6O5/c1-36-8-5-16(6-9-36)37-28(40)18-11-22-23(12-19(18)29(37)41)35-26(34-22)25-21(4-7-32-27(25)39)33-13-17(38)14-42-24-3-2-15(31)10-20(24)30/h2-4,7,10-12,16-17,38H,5-6,8-9,13-14H2,1H3,(H,34,35)(H2,32,33,39). The highest BCUT2D eigenvalue weighted by molar-refractivity contribution is 6.32. The number of hydrogen-bond acceptors (Lipinski definition) is 8. The number of fused-ring (bicyclic) bond motifs is 2. The molecule has 0 spiro atoms. The fourth-order valence-corrected chi connectivity index (χ4v) is 5.61. The predicted octanol–water partition coefficient (Wildman–Crippen LogP) is 3.25. The number of aliphatic hydroxyl groups excluding tert-OH is 1. The van der Waals surface area contributed by atoms with Gasteiger partial charge >= 0.3 is 0 Å². The molecule has 42 heavy (non-hydrogen) atoms. The predicted molar refractivity (Wildman–Crippen MR) is 155 cm³/mol. The normalized spacial score (nSPS) is 16.7. The Balaban J connectivity index is 1.20. The van der Waals surface area contributed by atoms with E-state index in [4.69, 9.17) is 16.3 Å². The minimum atomic E-state index is -0.999. The summed E-state index contributed by atoms with van der Waals surface area (Å²) >= 11 is 5.97. The summed E-state index contributed by atoms with van der Waals surface area (Å²) in [5, 5.41) is 13.6. The summed E-state index contributed by atoms with van der Waals surface area (Å²) in [5.74, 6) is -0.683. The summed E-state index contributed by atoms with van der Waals surface area (Å²) in [5.41, 5.74) is 1.71. The lowest BCUT2D eigenvalue weighted by Crippen LogP contribution is -2.46. The number of aromatic nitrogens is 3. The number of ether oxygens (including phenoxy) is 1. The summed E-state index contributed by atoms with van der Waals surface area (Å²) in [6.07, 6.45) is 1.92. The first-order chi connectivity index (χ1) is 20.2. The zero-order valence-corrected chi connectivity index (χ0v) is 23.4. The van der Waals surface area contributed by atoms with Crippen LogP contribution in [-0.4, -0.2) is 87.1 Å². The lowest BCUT2D eigenvalue weighted by molar-refractivity contribution is 0.0516. The quantitative estimate of drug-likeness (QED) is 0.228. The van der Waals surface area contributed by atoms with E-state index in [-0.39, 0.29) is 53.2 Å². The van der Waals surface area contributed by atoms with Gasteiger partial charge < -0.3 is 30.0 Å². The topological polar surface area (TPSA) is 144 Å². The molecule has 13 heteroatoms. The number of imide groups is 1. The van der Waals surface area contributed by atoms with Crippen LogP contribution in [0.1, 0.15) is 33.6 Å². The number of likely N-dealkylation sites (tertiary alicyclic amines) is 1. The number of piperidine rings is 1. The number of imidazole rings is 1. The summed E-state index contributed by atoms with van der Waals surface area (Å²) in [7, 11) is 2.02. The van der Waals surface area contributed by atoms with Gasteiger partial charge in [0, 0.05) is 18.8 Å². The molecule has 1 saturated heterocycles. The molecule has 0 radical (unpaired) electrons. The molecule has 2 aromatic carbocycles. The number of amides is 2. The van der Waals surface area contributed by atoms with Crippen LogP contribution in [0.25, 0.3) is 22.4 Å². The van der Waals surface area contributed by atoms with Crippen LogP contribution in [0.5, 0.6) is 5.75 Å². The molecule has 218 valence electrons. The van der Waals surface area contributed by atoms with Crippen LogP contribution in [-0.2, 0) is 0 Å². The van der Waals surface area contributed by atoms with Gasteiger partial charge in [-0.25, -0.2) is 9.37 Å². The minimum absolute atomic E-state index is 0.0135. The van der Waals surface area contributed by atoms with Crippen LogP contribution < -0.4 is 15.6 Å². The first kappa shape index (κ1) is 27.9. The number of halogens is 2. The first-order valence-corrected chi connectivity index (χ1v) is 13.9. The van der Waals surface area contributed by atoms with Crippen LogP contribution in [0.4, 0.5) is 10.1 Å². The number of pyridine rings is 1. The highest BCUT2D eigenvalue weighted by Crippen LogP contribution is 2.33. The number of aliphatic hydroxyl groups is 1. The molecule has 0 saturated carbocycles. The zero-order valence-electron chi connectivity index (χ0n) is 22.6. The van der Waals surface area contributed by atoms with Gasteiger partial charge in [-0.2, -0.15) is 0 Å². The molecule has 2 amide bonds. The van der Waals surface area contributed by atoms with E-state index in [1.165, 1.54) is 23.2 Å². The van der Waals surface area contributed by atoms with Crippen LogP contribution in [0.3, 0.4) is 0 Å². The second kappa shape index (κ2) is 11.2. The number of nitrogens with zero attached hydrogens (tertiary/aromatic N) is 3. The molecule has 4 heterocycles. The van der Waals surface area contributed by atoms with Crippen molar-refractivity contribution in [3.63, 3.8) is 0 Å². The molecule has 2 aromatic heterocycles. The number of carbonyl (C=O) groups excluding carboxylic acids is 2. The van der Waals surface area contributed by atoms with E-state index < -0.39 is 17.5 Å². The fourth-order valence-electron chi connectivity index (χ4n) is 5.39. The number of H-pyrrole nitrogens is 2. The lowest BCUT2D eigenvalue weighted by atomic mass is 10.0. The van der Waals surface area contributed by atoms with Crippen molar-refractivity contribution in [1.29, 1.82) is 0 Å².